The molecular weight excluding hydrogens is 271 g/mol. The normalized spacial score (nSPS) is 13.2. The first kappa shape index (κ1) is 14.8. The molecule has 0 amide bonds. The molecule has 1 rings (SSSR count). The summed E-state index contributed by atoms with van der Waals surface area (Å²) < 4.78 is 44.8. The lowest BCUT2D eigenvalue weighted by Crippen LogP contribution is -2.42. The van der Waals surface area contributed by atoms with Gasteiger partial charge in [0.1, 0.15) is 11.9 Å². The lowest BCUT2D eigenvalue weighted by atomic mass is 10.0. The first-order valence-electron chi connectivity index (χ1n) is 5.06. The van der Waals surface area contributed by atoms with Crippen molar-refractivity contribution in [3.8, 4) is 0 Å². The number of alkyl halides is 2. The molecule has 18 heavy (non-hydrogen) atoms. The number of carbonyl (C=O) groups excluding carboxylic acids is 1. The number of nitrogens with two attached hydrogens (primary N) is 1. The second-order valence-corrected chi connectivity index (χ2v) is 3.92. The number of esters is 1. The van der Waals surface area contributed by atoms with Crippen LogP contribution in [-0.2, 0) is 9.53 Å². The van der Waals surface area contributed by atoms with Crippen molar-refractivity contribution < 1.29 is 22.7 Å². The van der Waals surface area contributed by atoms with Crippen LogP contribution in [0.15, 0.2) is 18.2 Å². The van der Waals surface area contributed by atoms with Gasteiger partial charge in [-0.2, -0.15) is 8.78 Å². The highest BCUT2D eigenvalue weighted by molar-refractivity contribution is 6.30. The van der Waals surface area contributed by atoms with Gasteiger partial charge < -0.3 is 10.5 Å². The van der Waals surface area contributed by atoms with Gasteiger partial charge in [0.05, 0.1) is 6.61 Å². The topological polar surface area (TPSA) is 52.3 Å². The zero-order valence-electron chi connectivity index (χ0n) is 9.42. The molecule has 0 bridgehead atoms. The monoisotopic (exact) mass is 281 g/mol. The minimum Gasteiger partial charge on any atom is -0.462 e. The van der Waals surface area contributed by atoms with Crippen LogP contribution in [0.4, 0.5) is 13.2 Å². The molecule has 0 spiro atoms. The molecule has 0 aliphatic rings. The third kappa shape index (κ3) is 2.94. The molecule has 1 aromatic rings. The third-order valence-corrected chi connectivity index (χ3v) is 2.47. The SMILES string of the molecule is CCOC(=O)C(F)(F)[C@H](N)c1ccc(Cl)cc1F. The van der Waals surface area contributed by atoms with Crippen LogP contribution in [0.5, 0.6) is 0 Å². The highest BCUT2D eigenvalue weighted by Gasteiger charge is 2.48. The highest BCUT2D eigenvalue weighted by Crippen LogP contribution is 2.32. The van der Waals surface area contributed by atoms with Crippen molar-refractivity contribution in [3.63, 3.8) is 0 Å². The number of benzene rings is 1. The van der Waals surface area contributed by atoms with Gasteiger partial charge in [0, 0.05) is 10.6 Å². The summed E-state index contributed by atoms with van der Waals surface area (Å²) in [4.78, 5) is 11.1. The Morgan fingerprint density at radius 3 is 2.67 bits per heavy atom. The fraction of sp³-hybridized carbons (Fsp3) is 0.364. The van der Waals surface area contributed by atoms with Crippen LogP contribution in [0.2, 0.25) is 5.02 Å². The van der Waals surface area contributed by atoms with Crippen LogP contribution in [0.25, 0.3) is 0 Å². The Bertz CT molecular complexity index is 454. The van der Waals surface area contributed by atoms with Crippen LogP contribution in [0.1, 0.15) is 18.5 Å². The van der Waals surface area contributed by atoms with Gasteiger partial charge >= 0.3 is 11.9 Å². The summed E-state index contributed by atoms with van der Waals surface area (Å²) in [6, 6.07) is 0.933. The second kappa shape index (κ2) is 5.58. The van der Waals surface area contributed by atoms with Gasteiger partial charge in [0.25, 0.3) is 0 Å². The van der Waals surface area contributed by atoms with Gasteiger partial charge in [-0.25, -0.2) is 9.18 Å². The first-order chi connectivity index (χ1) is 8.30. The van der Waals surface area contributed by atoms with Crippen molar-refractivity contribution in [3.05, 3.63) is 34.6 Å². The van der Waals surface area contributed by atoms with Gasteiger partial charge in [-0.15, -0.1) is 0 Å². The molecule has 0 fully saturated rings. The molecular formula is C11H11ClF3NO2. The second-order valence-electron chi connectivity index (χ2n) is 3.49. The lowest BCUT2D eigenvalue weighted by molar-refractivity contribution is -0.174. The van der Waals surface area contributed by atoms with Crippen LogP contribution in [-0.4, -0.2) is 18.5 Å². The summed E-state index contributed by atoms with van der Waals surface area (Å²) in [6.45, 7) is 1.16. The van der Waals surface area contributed by atoms with Gasteiger partial charge in [-0.3, -0.25) is 0 Å². The number of rotatable bonds is 4. The molecule has 0 aliphatic carbocycles. The molecule has 0 aliphatic heterocycles. The number of halogens is 4. The Labute approximate surface area is 107 Å². The van der Waals surface area contributed by atoms with Gasteiger partial charge in [0.15, 0.2) is 0 Å². The van der Waals surface area contributed by atoms with Crippen molar-refractivity contribution in [2.24, 2.45) is 5.73 Å². The van der Waals surface area contributed by atoms with E-state index in [1.807, 2.05) is 0 Å². The van der Waals surface area contributed by atoms with Crippen molar-refractivity contribution >= 4 is 17.6 Å². The smallest absolute Gasteiger partial charge is 0.379 e. The highest BCUT2D eigenvalue weighted by atomic mass is 35.5. The molecule has 0 saturated carbocycles. The fourth-order valence-electron chi connectivity index (χ4n) is 1.30. The summed E-state index contributed by atoms with van der Waals surface area (Å²) >= 11 is 5.49. The average molecular weight is 282 g/mol. The van der Waals surface area contributed by atoms with Crippen LogP contribution < -0.4 is 5.73 Å². The van der Waals surface area contributed by atoms with E-state index in [-0.39, 0.29) is 11.6 Å². The molecule has 0 heterocycles. The molecule has 0 aromatic heterocycles. The minimum atomic E-state index is -4.01. The maximum Gasteiger partial charge on any atom is 0.379 e. The summed E-state index contributed by atoms with van der Waals surface area (Å²) in [6.07, 6.45) is 0. The van der Waals surface area contributed by atoms with E-state index in [1.165, 1.54) is 13.0 Å². The molecule has 3 nitrogen and oxygen atoms in total. The van der Waals surface area contributed by atoms with Crippen molar-refractivity contribution in [1.29, 1.82) is 0 Å². The molecule has 2 N–H and O–H groups in total. The molecule has 0 unspecified atom stereocenters. The Balaban J connectivity index is 3.05. The van der Waals surface area contributed by atoms with E-state index >= 15 is 0 Å². The molecule has 7 heteroatoms. The van der Waals surface area contributed by atoms with E-state index in [9.17, 15) is 18.0 Å². The van der Waals surface area contributed by atoms with Crippen LogP contribution >= 0.6 is 11.6 Å². The molecule has 1 atom stereocenters. The summed E-state index contributed by atoms with van der Waals surface area (Å²) in [5, 5.41) is 0.0444. The zero-order chi connectivity index (χ0) is 13.9. The Morgan fingerprint density at radius 1 is 1.56 bits per heavy atom. The van der Waals surface area contributed by atoms with E-state index in [2.05, 4.69) is 4.74 Å². The maximum atomic E-state index is 13.6. The van der Waals surface area contributed by atoms with Gasteiger partial charge in [0.2, 0.25) is 0 Å². The molecule has 1 aromatic carbocycles. The van der Waals surface area contributed by atoms with Crippen molar-refractivity contribution in [1.82, 2.24) is 0 Å². The Morgan fingerprint density at radius 2 is 2.17 bits per heavy atom. The quantitative estimate of drug-likeness (QED) is 0.863. The number of hydrogen-bond acceptors (Lipinski definition) is 3. The Hall–Kier alpha value is -1.27. The zero-order valence-corrected chi connectivity index (χ0v) is 10.2. The maximum absolute atomic E-state index is 13.6. The standard InChI is InChI=1S/C11H11ClF3NO2/c1-2-18-10(17)11(14,15)9(16)7-4-3-6(12)5-8(7)13/h3-5,9H,2,16H2,1H3/t9-/m1/s1. The fourth-order valence-corrected chi connectivity index (χ4v) is 1.46. The predicted molar refractivity (Wildman–Crippen MR) is 59.9 cm³/mol. The van der Waals surface area contributed by atoms with E-state index in [1.54, 1.807) is 0 Å². The van der Waals surface area contributed by atoms with E-state index in [4.69, 9.17) is 17.3 Å². The third-order valence-electron chi connectivity index (χ3n) is 2.24. The van der Waals surface area contributed by atoms with Gasteiger partial charge in [-0.1, -0.05) is 17.7 Å². The summed E-state index contributed by atoms with van der Waals surface area (Å²) in [5.74, 6) is -6.80. The molecule has 0 saturated heterocycles. The Kier molecular flexibility index (Phi) is 4.59. The average Bonchev–Trinajstić information content (AvgIpc) is 2.28. The number of carbonyl (C=O) groups is 1. The van der Waals surface area contributed by atoms with E-state index in [0.717, 1.165) is 12.1 Å². The minimum absolute atomic E-state index is 0.0444. The molecule has 100 valence electrons. The predicted octanol–water partition coefficient (Wildman–Crippen LogP) is 2.68. The summed E-state index contributed by atoms with van der Waals surface area (Å²) in [7, 11) is 0. The largest absolute Gasteiger partial charge is 0.462 e. The van der Waals surface area contributed by atoms with Crippen molar-refractivity contribution in [2.75, 3.05) is 6.61 Å². The van der Waals surface area contributed by atoms with E-state index in [0.29, 0.717) is 0 Å². The molecule has 0 radical (unpaired) electrons. The van der Waals surface area contributed by atoms with Crippen LogP contribution in [0, 0.1) is 5.82 Å². The number of ether oxygens (including phenoxy) is 1. The van der Waals surface area contributed by atoms with E-state index < -0.39 is 29.3 Å². The van der Waals surface area contributed by atoms with Crippen molar-refractivity contribution in [2.45, 2.75) is 18.9 Å². The summed E-state index contributed by atoms with van der Waals surface area (Å²) in [5.41, 5.74) is 4.72. The lowest BCUT2D eigenvalue weighted by Gasteiger charge is -2.22. The first-order valence-corrected chi connectivity index (χ1v) is 5.44. The van der Waals surface area contributed by atoms with Crippen LogP contribution in [0.3, 0.4) is 0 Å². The van der Waals surface area contributed by atoms with Gasteiger partial charge in [-0.05, 0) is 19.1 Å². The number of hydrogen-bond donors (Lipinski definition) is 1.